The average Bonchev–Trinajstić information content (AvgIpc) is 3.11. The number of nitrogens with zero attached hydrogens (tertiary/aromatic N) is 3. The van der Waals surface area contributed by atoms with Gasteiger partial charge in [-0.2, -0.15) is 0 Å². The first-order valence-electron chi connectivity index (χ1n) is 9.11. The molecule has 2 aliphatic rings. The molecule has 2 fully saturated rings. The van der Waals surface area contributed by atoms with Crippen LogP contribution in [0.25, 0.3) is 11.2 Å². The lowest BCUT2D eigenvalue weighted by molar-refractivity contribution is -0.128. The minimum atomic E-state index is -0.388. The van der Waals surface area contributed by atoms with Gasteiger partial charge < -0.3 is 15.2 Å². The molecule has 25 heavy (non-hydrogen) atoms. The van der Waals surface area contributed by atoms with Gasteiger partial charge in [-0.05, 0) is 24.5 Å². The van der Waals surface area contributed by atoms with Crippen LogP contribution >= 0.6 is 0 Å². The van der Waals surface area contributed by atoms with Crippen molar-refractivity contribution in [1.82, 2.24) is 25.2 Å². The van der Waals surface area contributed by atoms with E-state index in [9.17, 15) is 9.59 Å². The predicted octanol–water partition coefficient (Wildman–Crippen LogP) is 1.87. The maximum atomic E-state index is 13.0. The molecule has 132 valence electrons. The molecule has 7 heteroatoms. The topological polar surface area (TPSA) is 91.0 Å². The van der Waals surface area contributed by atoms with Crippen molar-refractivity contribution in [3.63, 3.8) is 0 Å². The molecule has 0 radical (unpaired) electrons. The van der Waals surface area contributed by atoms with Crippen molar-refractivity contribution < 1.29 is 9.59 Å². The molecule has 2 aromatic rings. The zero-order valence-corrected chi connectivity index (χ0v) is 14.2. The van der Waals surface area contributed by atoms with Gasteiger partial charge in [0.25, 0.3) is 5.91 Å². The number of imidazole rings is 1. The highest BCUT2D eigenvalue weighted by Crippen LogP contribution is 2.29. The summed E-state index contributed by atoms with van der Waals surface area (Å²) >= 11 is 0. The molecule has 1 unspecified atom stereocenters. The molecule has 2 N–H and O–H groups in total. The summed E-state index contributed by atoms with van der Waals surface area (Å²) in [4.78, 5) is 38.6. The van der Waals surface area contributed by atoms with Crippen LogP contribution in [0.1, 0.15) is 49.0 Å². The average molecular weight is 341 g/mol. The summed E-state index contributed by atoms with van der Waals surface area (Å²) in [6, 6.07) is 3.12. The van der Waals surface area contributed by atoms with Crippen LogP contribution in [0.3, 0.4) is 0 Å². The number of hydrogen-bond acceptors (Lipinski definition) is 4. The molecule has 1 saturated carbocycles. The van der Waals surface area contributed by atoms with E-state index in [0.717, 1.165) is 24.8 Å². The van der Waals surface area contributed by atoms with Crippen molar-refractivity contribution in [2.24, 2.45) is 5.92 Å². The highest BCUT2D eigenvalue weighted by atomic mass is 16.2. The van der Waals surface area contributed by atoms with Gasteiger partial charge in [-0.1, -0.05) is 32.1 Å². The third-order valence-electron chi connectivity index (χ3n) is 5.37. The number of rotatable bonds is 3. The first-order chi connectivity index (χ1) is 12.2. The zero-order valence-electron chi connectivity index (χ0n) is 14.2. The minimum Gasteiger partial charge on any atom is -0.353 e. The van der Waals surface area contributed by atoms with Gasteiger partial charge in [0.1, 0.15) is 11.7 Å². The molecule has 2 aromatic heterocycles. The number of pyridine rings is 1. The van der Waals surface area contributed by atoms with Crippen LogP contribution < -0.4 is 5.32 Å². The first kappa shape index (κ1) is 16.1. The molecule has 3 heterocycles. The third kappa shape index (κ3) is 3.23. The molecule has 0 bridgehead atoms. The Balaban J connectivity index is 1.56. The summed E-state index contributed by atoms with van der Waals surface area (Å²) in [7, 11) is 0. The summed E-state index contributed by atoms with van der Waals surface area (Å²) in [6.07, 6.45) is 8.36. The number of hydrogen-bond donors (Lipinski definition) is 2. The Hall–Kier alpha value is -2.44. The van der Waals surface area contributed by atoms with Gasteiger partial charge in [0.15, 0.2) is 5.65 Å². The van der Waals surface area contributed by atoms with Crippen LogP contribution in [0.15, 0.2) is 18.5 Å². The second-order valence-electron chi connectivity index (χ2n) is 7.02. The number of carbonyl (C=O) groups excluding carboxylic acids is 2. The van der Waals surface area contributed by atoms with E-state index in [1.807, 2.05) is 6.07 Å². The fourth-order valence-corrected chi connectivity index (χ4v) is 4.02. The smallest absolute Gasteiger partial charge is 0.273 e. The molecule has 4 rings (SSSR count). The van der Waals surface area contributed by atoms with Crippen LogP contribution in [-0.4, -0.2) is 50.8 Å². The second-order valence-corrected chi connectivity index (χ2v) is 7.02. The van der Waals surface area contributed by atoms with Crippen molar-refractivity contribution in [1.29, 1.82) is 0 Å². The minimum absolute atomic E-state index is 0.0361. The van der Waals surface area contributed by atoms with Crippen LogP contribution in [0.4, 0.5) is 0 Å². The lowest BCUT2D eigenvalue weighted by atomic mass is 9.84. The largest absolute Gasteiger partial charge is 0.353 e. The van der Waals surface area contributed by atoms with Gasteiger partial charge in [-0.3, -0.25) is 9.59 Å². The molecule has 0 spiro atoms. The van der Waals surface area contributed by atoms with Gasteiger partial charge in [-0.25, -0.2) is 9.97 Å². The lowest BCUT2D eigenvalue weighted by Crippen LogP contribution is -2.57. The molecule has 1 aliphatic carbocycles. The van der Waals surface area contributed by atoms with Crippen molar-refractivity contribution in [2.45, 2.75) is 44.6 Å². The van der Waals surface area contributed by atoms with E-state index in [2.05, 4.69) is 20.3 Å². The van der Waals surface area contributed by atoms with E-state index in [1.54, 1.807) is 17.3 Å². The summed E-state index contributed by atoms with van der Waals surface area (Å²) < 4.78 is 0. The normalized spacial score (nSPS) is 22.2. The SMILES string of the molecule is O=C1NCCN(C(=O)c2ccc3[nH]cnc3n2)C1CC1CCCCC1. The molecule has 1 aliphatic heterocycles. The predicted molar refractivity (Wildman–Crippen MR) is 92.9 cm³/mol. The van der Waals surface area contributed by atoms with Gasteiger partial charge in [0.2, 0.25) is 5.91 Å². The Kier molecular flexibility index (Phi) is 4.38. The number of carbonyl (C=O) groups is 2. The van der Waals surface area contributed by atoms with Gasteiger partial charge in [0.05, 0.1) is 11.8 Å². The molecule has 1 saturated heterocycles. The van der Waals surface area contributed by atoms with Crippen LogP contribution in [-0.2, 0) is 4.79 Å². The van der Waals surface area contributed by atoms with E-state index >= 15 is 0 Å². The maximum Gasteiger partial charge on any atom is 0.273 e. The fourth-order valence-electron chi connectivity index (χ4n) is 4.02. The molecule has 2 amide bonds. The summed E-state index contributed by atoms with van der Waals surface area (Å²) in [5.74, 6) is 0.311. The lowest BCUT2D eigenvalue weighted by Gasteiger charge is -2.37. The first-order valence-corrected chi connectivity index (χ1v) is 9.11. The van der Waals surface area contributed by atoms with Gasteiger partial charge in [0, 0.05) is 13.1 Å². The van der Waals surface area contributed by atoms with E-state index < -0.39 is 0 Å². The summed E-state index contributed by atoms with van der Waals surface area (Å²) in [5.41, 5.74) is 1.67. The van der Waals surface area contributed by atoms with E-state index in [0.29, 0.717) is 30.3 Å². The monoisotopic (exact) mass is 341 g/mol. The second kappa shape index (κ2) is 6.82. The van der Waals surface area contributed by atoms with Crippen LogP contribution in [0, 0.1) is 5.92 Å². The Morgan fingerprint density at radius 3 is 2.92 bits per heavy atom. The number of fused-ring (bicyclic) bond motifs is 1. The highest BCUT2D eigenvalue weighted by Gasteiger charge is 2.36. The number of H-pyrrole nitrogens is 1. The van der Waals surface area contributed by atoms with E-state index in [4.69, 9.17) is 0 Å². The molecule has 7 nitrogen and oxygen atoms in total. The van der Waals surface area contributed by atoms with Crippen molar-refractivity contribution in [3.8, 4) is 0 Å². The third-order valence-corrected chi connectivity index (χ3v) is 5.37. The number of aromatic nitrogens is 3. The molecule has 1 atom stereocenters. The Morgan fingerprint density at radius 1 is 1.24 bits per heavy atom. The van der Waals surface area contributed by atoms with E-state index in [1.165, 1.54) is 19.3 Å². The molecular formula is C18H23N5O2. The number of aromatic amines is 1. The van der Waals surface area contributed by atoms with Crippen molar-refractivity contribution in [3.05, 3.63) is 24.2 Å². The van der Waals surface area contributed by atoms with Crippen LogP contribution in [0.5, 0.6) is 0 Å². The molecule has 0 aromatic carbocycles. The Labute approximate surface area is 146 Å². The highest BCUT2D eigenvalue weighted by molar-refractivity contribution is 5.98. The maximum absolute atomic E-state index is 13.0. The number of amides is 2. The molecular weight excluding hydrogens is 318 g/mol. The quantitative estimate of drug-likeness (QED) is 0.891. The standard InChI is InChI=1S/C18H23N5O2/c24-17-15(10-12-4-2-1-3-5-12)23(9-8-19-17)18(25)14-7-6-13-16(22-14)21-11-20-13/h6-7,11-12,15H,1-5,8-10H2,(H,19,24)(H,20,21,22). The van der Waals surface area contributed by atoms with Gasteiger partial charge >= 0.3 is 0 Å². The van der Waals surface area contributed by atoms with E-state index in [-0.39, 0.29) is 17.9 Å². The summed E-state index contributed by atoms with van der Waals surface area (Å²) in [5, 5.41) is 2.91. The van der Waals surface area contributed by atoms with Crippen molar-refractivity contribution >= 4 is 23.0 Å². The summed E-state index contributed by atoms with van der Waals surface area (Å²) in [6.45, 7) is 1.03. The van der Waals surface area contributed by atoms with Gasteiger partial charge in [-0.15, -0.1) is 0 Å². The number of nitrogens with one attached hydrogen (secondary N) is 2. The Morgan fingerprint density at radius 2 is 2.08 bits per heavy atom. The van der Waals surface area contributed by atoms with Crippen LogP contribution in [0.2, 0.25) is 0 Å². The Bertz CT molecular complexity index is 781. The van der Waals surface area contributed by atoms with Crippen molar-refractivity contribution in [2.75, 3.05) is 13.1 Å². The fraction of sp³-hybridized carbons (Fsp3) is 0.556. The number of piperazine rings is 1. The zero-order chi connectivity index (χ0) is 17.2.